The molecule has 1 aromatic carbocycles. The van der Waals surface area contributed by atoms with Crippen molar-refractivity contribution in [2.24, 2.45) is 0 Å². The highest BCUT2D eigenvalue weighted by Gasteiger charge is 2.01. The maximum absolute atomic E-state index is 5.69. The van der Waals surface area contributed by atoms with Crippen LogP contribution in [0.4, 0.5) is 0 Å². The van der Waals surface area contributed by atoms with E-state index in [4.69, 9.17) is 4.74 Å². The highest BCUT2D eigenvalue weighted by Crippen LogP contribution is 2.26. The van der Waals surface area contributed by atoms with E-state index in [0.29, 0.717) is 6.61 Å². The van der Waals surface area contributed by atoms with Gasteiger partial charge in [0.25, 0.3) is 0 Å². The predicted octanol–water partition coefficient (Wildman–Crippen LogP) is 3.73. The Morgan fingerprint density at radius 1 is 1.31 bits per heavy atom. The van der Waals surface area contributed by atoms with Crippen molar-refractivity contribution in [3.63, 3.8) is 0 Å². The topological polar surface area (TPSA) is 22.1 Å². The summed E-state index contributed by atoms with van der Waals surface area (Å²) in [6, 6.07) is 9.94. The van der Waals surface area contributed by atoms with Crippen molar-refractivity contribution in [3.8, 4) is 5.75 Å². The number of hydrogen-bond acceptors (Lipinski definition) is 2. The van der Waals surface area contributed by atoms with E-state index in [-0.39, 0.29) is 0 Å². The molecule has 2 aromatic rings. The van der Waals surface area contributed by atoms with Gasteiger partial charge in [0.2, 0.25) is 0 Å². The number of nitrogens with zero attached hydrogens (tertiary/aromatic N) is 1. The third-order valence-corrected chi connectivity index (χ3v) is 2.82. The Morgan fingerprint density at radius 2 is 2.19 bits per heavy atom. The number of halogens is 1. The van der Waals surface area contributed by atoms with Crippen LogP contribution in [0.1, 0.15) is 11.1 Å². The quantitative estimate of drug-likeness (QED) is 0.853. The molecule has 2 nitrogen and oxygen atoms in total. The summed E-state index contributed by atoms with van der Waals surface area (Å²) in [6.45, 7) is 2.59. The molecule has 0 radical (unpaired) electrons. The zero-order valence-corrected chi connectivity index (χ0v) is 10.6. The molecular formula is C13H12BrNO. The van der Waals surface area contributed by atoms with Gasteiger partial charge < -0.3 is 4.74 Å². The molecule has 0 bridgehead atoms. The van der Waals surface area contributed by atoms with Crippen LogP contribution in [0.3, 0.4) is 0 Å². The fourth-order valence-electron chi connectivity index (χ4n) is 1.37. The first-order chi connectivity index (χ1) is 7.75. The van der Waals surface area contributed by atoms with Crippen LogP contribution in [0, 0.1) is 6.92 Å². The minimum atomic E-state index is 0.537. The second-order valence-corrected chi connectivity index (χ2v) is 4.44. The molecule has 3 heteroatoms. The highest BCUT2D eigenvalue weighted by molar-refractivity contribution is 9.10. The maximum Gasteiger partial charge on any atom is 0.134 e. The summed E-state index contributed by atoms with van der Waals surface area (Å²) in [5, 5.41) is 0. The van der Waals surface area contributed by atoms with Crippen LogP contribution in [0.5, 0.6) is 5.75 Å². The van der Waals surface area contributed by atoms with Crippen molar-refractivity contribution in [2.45, 2.75) is 13.5 Å². The summed E-state index contributed by atoms with van der Waals surface area (Å²) in [6.07, 6.45) is 3.56. The van der Waals surface area contributed by atoms with E-state index in [0.717, 1.165) is 15.8 Å². The molecule has 0 aliphatic carbocycles. The van der Waals surface area contributed by atoms with Gasteiger partial charge in [-0.05, 0) is 46.6 Å². The molecule has 2 rings (SSSR count). The standard InChI is InChI=1S/C13H12BrNO/c1-10-4-5-13(12(14)7-10)16-9-11-3-2-6-15-8-11/h2-8H,9H2,1H3. The lowest BCUT2D eigenvalue weighted by molar-refractivity contribution is 0.303. The summed E-state index contributed by atoms with van der Waals surface area (Å²) in [5.41, 5.74) is 2.27. The van der Waals surface area contributed by atoms with Gasteiger partial charge in [-0.15, -0.1) is 0 Å². The van der Waals surface area contributed by atoms with E-state index in [1.807, 2.05) is 36.5 Å². The van der Waals surface area contributed by atoms with E-state index in [9.17, 15) is 0 Å². The van der Waals surface area contributed by atoms with Crippen molar-refractivity contribution in [1.29, 1.82) is 0 Å². The Bertz CT molecular complexity index is 471. The molecule has 82 valence electrons. The number of hydrogen-bond donors (Lipinski definition) is 0. The number of ether oxygens (including phenoxy) is 1. The molecule has 0 unspecified atom stereocenters. The van der Waals surface area contributed by atoms with Crippen LogP contribution in [-0.4, -0.2) is 4.98 Å². The van der Waals surface area contributed by atoms with Crippen LogP contribution in [0.15, 0.2) is 47.2 Å². The zero-order valence-electron chi connectivity index (χ0n) is 8.98. The third-order valence-electron chi connectivity index (χ3n) is 2.20. The molecule has 0 fully saturated rings. The van der Waals surface area contributed by atoms with Crippen molar-refractivity contribution >= 4 is 15.9 Å². The molecule has 0 N–H and O–H groups in total. The lowest BCUT2D eigenvalue weighted by Gasteiger charge is -2.08. The fraction of sp³-hybridized carbons (Fsp3) is 0.154. The van der Waals surface area contributed by atoms with Crippen LogP contribution in [0.25, 0.3) is 0 Å². The van der Waals surface area contributed by atoms with Gasteiger partial charge in [-0.25, -0.2) is 0 Å². The summed E-state index contributed by atoms with van der Waals surface area (Å²) < 4.78 is 6.67. The van der Waals surface area contributed by atoms with E-state index >= 15 is 0 Å². The van der Waals surface area contributed by atoms with E-state index < -0.39 is 0 Å². The summed E-state index contributed by atoms with van der Waals surface area (Å²) in [7, 11) is 0. The number of aryl methyl sites for hydroxylation is 1. The lowest BCUT2D eigenvalue weighted by atomic mass is 10.2. The normalized spacial score (nSPS) is 10.1. The molecule has 0 aliphatic heterocycles. The number of aromatic nitrogens is 1. The van der Waals surface area contributed by atoms with Gasteiger partial charge in [-0.2, -0.15) is 0 Å². The maximum atomic E-state index is 5.69. The Labute approximate surface area is 103 Å². The van der Waals surface area contributed by atoms with E-state index in [2.05, 4.69) is 27.8 Å². The zero-order chi connectivity index (χ0) is 11.4. The van der Waals surface area contributed by atoms with Crippen LogP contribution in [0.2, 0.25) is 0 Å². The van der Waals surface area contributed by atoms with Gasteiger partial charge in [0.1, 0.15) is 12.4 Å². The first-order valence-corrected chi connectivity index (χ1v) is 5.83. The fourth-order valence-corrected chi connectivity index (χ4v) is 1.98. The molecule has 0 atom stereocenters. The van der Waals surface area contributed by atoms with E-state index in [1.165, 1.54) is 5.56 Å². The number of rotatable bonds is 3. The Hall–Kier alpha value is -1.35. The van der Waals surface area contributed by atoms with Gasteiger partial charge in [-0.3, -0.25) is 4.98 Å². The van der Waals surface area contributed by atoms with Gasteiger partial charge in [0.15, 0.2) is 0 Å². The van der Waals surface area contributed by atoms with Crippen LogP contribution >= 0.6 is 15.9 Å². The second-order valence-electron chi connectivity index (χ2n) is 3.58. The van der Waals surface area contributed by atoms with Gasteiger partial charge >= 0.3 is 0 Å². The molecule has 0 saturated heterocycles. The van der Waals surface area contributed by atoms with Gasteiger partial charge in [0, 0.05) is 18.0 Å². The average molecular weight is 278 g/mol. The van der Waals surface area contributed by atoms with Gasteiger partial charge in [0.05, 0.1) is 4.47 Å². The molecule has 0 aliphatic rings. The van der Waals surface area contributed by atoms with Crippen molar-refractivity contribution in [3.05, 3.63) is 58.3 Å². The third kappa shape index (κ3) is 2.83. The Morgan fingerprint density at radius 3 is 2.88 bits per heavy atom. The van der Waals surface area contributed by atoms with Crippen molar-refractivity contribution in [1.82, 2.24) is 4.98 Å². The molecule has 16 heavy (non-hydrogen) atoms. The largest absolute Gasteiger partial charge is 0.488 e. The average Bonchev–Trinajstić information content (AvgIpc) is 2.29. The molecule has 0 saturated carbocycles. The highest BCUT2D eigenvalue weighted by atomic mass is 79.9. The van der Waals surface area contributed by atoms with Crippen molar-refractivity contribution in [2.75, 3.05) is 0 Å². The minimum Gasteiger partial charge on any atom is -0.488 e. The molecule has 1 heterocycles. The smallest absolute Gasteiger partial charge is 0.134 e. The van der Waals surface area contributed by atoms with Gasteiger partial charge in [-0.1, -0.05) is 12.1 Å². The molecular weight excluding hydrogens is 266 g/mol. The Balaban J connectivity index is 2.05. The molecule has 1 aromatic heterocycles. The van der Waals surface area contributed by atoms with Crippen molar-refractivity contribution < 1.29 is 4.74 Å². The predicted molar refractivity (Wildman–Crippen MR) is 67.4 cm³/mol. The minimum absolute atomic E-state index is 0.537. The molecule has 0 amide bonds. The van der Waals surface area contributed by atoms with E-state index in [1.54, 1.807) is 6.20 Å². The number of pyridine rings is 1. The van der Waals surface area contributed by atoms with Crippen LogP contribution < -0.4 is 4.74 Å². The summed E-state index contributed by atoms with van der Waals surface area (Å²) in [4.78, 5) is 4.04. The molecule has 0 spiro atoms. The summed E-state index contributed by atoms with van der Waals surface area (Å²) >= 11 is 3.48. The van der Waals surface area contributed by atoms with Crippen LogP contribution in [-0.2, 0) is 6.61 Å². The Kier molecular flexibility index (Phi) is 3.57. The first-order valence-electron chi connectivity index (χ1n) is 5.03. The second kappa shape index (κ2) is 5.12. The number of benzene rings is 1. The SMILES string of the molecule is Cc1ccc(OCc2cccnc2)c(Br)c1. The monoisotopic (exact) mass is 277 g/mol. The summed E-state index contributed by atoms with van der Waals surface area (Å²) in [5.74, 6) is 0.856. The first kappa shape index (κ1) is 11.1. The lowest BCUT2D eigenvalue weighted by Crippen LogP contribution is -1.96.